The third-order valence-corrected chi connectivity index (χ3v) is 3.41. The SMILES string of the molecule is O=C(CS)NCCCCCC(=O)NCCc1ccccc1. The molecule has 0 bridgehead atoms. The van der Waals surface area contributed by atoms with Crippen molar-refractivity contribution in [1.82, 2.24) is 10.6 Å². The zero-order chi connectivity index (χ0) is 15.3. The van der Waals surface area contributed by atoms with Crippen molar-refractivity contribution in [3.63, 3.8) is 0 Å². The van der Waals surface area contributed by atoms with Crippen molar-refractivity contribution in [3.8, 4) is 0 Å². The van der Waals surface area contributed by atoms with Gasteiger partial charge in [-0.25, -0.2) is 0 Å². The first-order chi connectivity index (χ1) is 10.2. The minimum Gasteiger partial charge on any atom is -0.356 e. The number of thiol groups is 1. The predicted molar refractivity (Wildman–Crippen MR) is 88.5 cm³/mol. The van der Waals surface area contributed by atoms with Crippen LogP contribution in [-0.4, -0.2) is 30.7 Å². The lowest BCUT2D eigenvalue weighted by Crippen LogP contribution is -2.26. The smallest absolute Gasteiger partial charge is 0.229 e. The number of hydrogen-bond acceptors (Lipinski definition) is 3. The van der Waals surface area contributed by atoms with E-state index in [-0.39, 0.29) is 17.6 Å². The summed E-state index contributed by atoms with van der Waals surface area (Å²) in [5, 5.41) is 5.69. The Hall–Kier alpha value is -1.49. The van der Waals surface area contributed by atoms with E-state index in [9.17, 15) is 9.59 Å². The molecule has 0 saturated heterocycles. The van der Waals surface area contributed by atoms with Gasteiger partial charge in [0.25, 0.3) is 0 Å². The molecule has 5 heteroatoms. The zero-order valence-corrected chi connectivity index (χ0v) is 13.2. The van der Waals surface area contributed by atoms with Gasteiger partial charge in [0.05, 0.1) is 5.75 Å². The summed E-state index contributed by atoms with van der Waals surface area (Å²) in [7, 11) is 0. The van der Waals surface area contributed by atoms with Gasteiger partial charge in [0.1, 0.15) is 0 Å². The second kappa shape index (κ2) is 11.2. The molecule has 0 atom stereocenters. The van der Waals surface area contributed by atoms with E-state index >= 15 is 0 Å². The van der Waals surface area contributed by atoms with Crippen molar-refractivity contribution in [1.29, 1.82) is 0 Å². The van der Waals surface area contributed by atoms with Crippen LogP contribution in [-0.2, 0) is 16.0 Å². The van der Waals surface area contributed by atoms with Gasteiger partial charge in [-0.3, -0.25) is 9.59 Å². The molecule has 0 radical (unpaired) electrons. The lowest BCUT2D eigenvalue weighted by atomic mass is 10.1. The fraction of sp³-hybridized carbons (Fsp3) is 0.500. The summed E-state index contributed by atoms with van der Waals surface area (Å²) in [6.45, 7) is 1.34. The summed E-state index contributed by atoms with van der Waals surface area (Å²) in [4.78, 5) is 22.6. The monoisotopic (exact) mass is 308 g/mol. The Kier molecular flexibility index (Phi) is 9.37. The molecule has 116 valence electrons. The molecular formula is C16H24N2O2S. The number of rotatable bonds is 10. The fourth-order valence-corrected chi connectivity index (χ4v) is 2.06. The zero-order valence-electron chi connectivity index (χ0n) is 12.3. The van der Waals surface area contributed by atoms with E-state index < -0.39 is 0 Å². The van der Waals surface area contributed by atoms with Crippen molar-refractivity contribution in [3.05, 3.63) is 35.9 Å². The molecule has 2 N–H and O–H groups in total. The van der Waals surface area contributed by atoms with E-state index in [1.165, 1.54) is 5.56 Å². The Balaban J connectivity index is 1.95. The molecule has 0 aliphatic heterocycles. The number of amides is 2. The molecular weight excluding hydrogens is 284 g/mol. The van der Waals surface area contributed by atoms with E-state index in [2.05, 4.69) is 35.4 Å². The van der Waals surface area contributed by atoms with Gasteiger partial charge in [-0.2, -0.15) is 12.6 Å². The predicted octanol–water partition coefficient (Wildman–Crippen LogP) is 1.95. The fourth-order valence-electron chi connectivity index (χ4n) is 1.95. The maximum atomic E-state index is 11.6. The maximum absolute atomic E-state index is 11.6. The van der Waals surface area contributed by atoms with E-state index in [0.717, 1.165) is 25.7 Å². The first kappa shape index (κ1) is 17.6. The molecule has 0 spiro atoms. The van der Waals surface area contributed by atoms with E-state index in [1.807, 2.05) is 18.2 Å². The van der Waals surface area contributed by atoms with Crippen molar-refractivity contribution >= 4 is 24.4 Å². The summed E-state index contributed by atoms with van der Waals surface area (Å²) in [6, 6.07) is 10.1. The largest absolute Gasteiger partial charge is 0.356 e. The van der Waals surface area contributed by atoms with Crippen LogP contribution in [0.25, 0.3) is 0 Å². The van der Waals surface area contributed by atoms with Gasteiger partial charge in [-0.1, -0.05) is 36.8 Å². The van der Waals surface area contributed by atoms with E-state index in [4.69, 9.17) is 0 Å². The van der Waals surface area contributed by atoms with Crippen LogP contribution < -0.4 is 10.6 Å². The van der Waals surface area contributed by atoms with Crippen LogP contribution in [0.1, 0.15) is 31.2 Å². The highest BCUT2D eigenvalue weighted by Gasteiger charge is 2.01. The quantitative estimate of drug-likeness (QED) is 0.457. The molecule has 0 unspecified atom stereocenters. The van der Waals surface area contributed by atoms with Gasteiger partial charge < -0.3 is 10.6 Å². The molecule has 21 heavy (non-hydrogen) atoms. The van der Waals surface area contributed by atoms with Crippen molar-refractivity contribution in [2.75, 3.05) is 18.8 Å². The molecule has 0 saturated carbocycles. The summed E-state index contributed by atoms with van der Waals surface area (Å²) in [6.07, 6.45) is 4.11. The van der Waals surface area contributed by atoms with Gasteiger partial charge in [-0.15, -0.1) is 0 Å². The molecule has 0 aromatic heterocycles. The second-order valence-electron chi connectivity index (χ2n) is 4.90. The van der Waals surface area contributed by atoms with Crippen LogP contribution in [0.2, 0.25) is 0 Å². The average molecular weight is 308 g/mol. The minimum atomic E-state index is -0.0445. The number of hydrogen-bond donors (Lipinski definition) is 3. The Labute approximate surface area is 132 Å². The Bertz CT molecular complexity index is 424. The van der Waals surface area contributed by atoms with Gasteiger partial charge in [0.2, 0.25) is 11.8 Å². The molecule has 0 aliphatic rings. The normalized spacial score (nSPS) is 10.1. The highest BCUT2D eigenvalue weighted by atomic mass is 32.1. The van der Waals surface area contributed by atoms with Crippen LogP contribution in [0.4, 0.5) is 0 Å². The van der Waals surface area contributed by atoms with E-state index in [1.54, 1.807) is 0 Å². The first-order valence-electron chi connectivity index (χ1n) is 7.40. The third-order valence-electron chi connectivity index (χ3n) is 3.13. The van der Waals surface area contributed by atoms with Crippen molar-refractivity contribution < 1.29 is 9.59 Å². The highest BCUT2D eigenvalue weighted by Crippen LogP contribution is 2.00. The van der Waals surface area contributed by atoms with Crippen LogP contribution >= 0.6 is 12.6 Å². The highest BCUT2D eigenvalue weighted by molar-refractivity contribution is 7.81. The molecule has 1 rings (SSSR count). The van der Waals surface area contributed by atoms with Gasteiger partial charge in [0, 0.05) is 19.5 Å². The molecule has 1 aromatic rings. The lowest BCUT2D eigenvalue weighted by molar-refractivity contribution is -0.121. The Morgan fingerprint density at radius 1 is 0.905 bits per heavy atom. The van der Waals surface area contributed by atoms with Crippen molar-refractivity contribution in [2.45, 2.75) is 32.1 Å². The van der Waals surface area contributed by atoms with Gasteiger partial charge in [-0.05, 0) is 24.8 Å². The topological polar surface area (TPSA) is 58.2 Å². The lowest BCUT2D eigenvalue weighted by Gasteiger charge is -2.06. The third kappa shape index (κ3) is 9.13. The van der Waals surface area contributed by atoms with Crippen LogP contribution in [0.15, 0.2) is 30.3 Å². The molecule has 2 amide bonds. The van der Waals surface area contributed by atoms with Crippen LogP contribution in [0, 0.1) is 0 Å². The number of benzene rings is 1. The Morgan fingerprint density at radius 3 is 2.33 bits per heavy atom. The van der Waals surface area contributed by atoms with Crippen LogP contribution in [0.3, 0.4) is 0 Å². The maximum Gasteiger partial charge on any atom is 0.229 e. The van der Waals surface area contributed by atoms with Gasteiger partial charge >= 0.3 is 0 Å². The number of nitrogens with one attached hydrogen (secondary N) is 2. The van der Waals surface area contributed by atoms with Crippen molar-refractivity contribution in [2.24, 2.45) is 0 Å². The first-order valence-corrected chi connectivity index (χ1v) is 8.04. The number of carbonyl (C=O) groups is 2. The number of unbranched alkanes of at least 4 members (excludes halogenated alkanes) is 2. The summed E-state index contributed by atoms with van der Waals surface area (Å²) in [5.41, 5.74) is 1.23. The Morgan fingerprint density at radius 2 is 1.62 bits per heavy atom. The molecule has 0 aliphatic carbocycles. The average Bonchev–Trinajstić information content (AvgIpc) is 2.51. The van der Waals surface area contributed by atoms with Gasteiger partial charge in [0.15, 0.2) is 0 Å². The molecule has 0 fully saturated rings. The van der Waals surface area contributed by atoms with E-state index in [0.29, 0.717) is 19.5 Å². The second-order valence-corrected chi connectivity index (χ2v) is 5.22. The summed E-state index contributed by atoms with van der Waals surface area (Å²) in [5.74, 6) is 0.284. The van der Waals surface area contributed by atoms with Crippen LogP contribution in [0.5, 0.6) is 0 Å². The number of carbonyl (C=O) groups excluding carboxylic acids is 2. The summed E-state index contributed by atoms with van der Waals surface area (Å²) >= 11 is 3.88. The molecule has 0 heterocycles. The molecule has 1 aromatic carbocycles. The summed E-state index contributed by atoms with van der Waals surface area (Å²) < 4.78 is 0. The molecule has 4 nitrogen and oxygen atoms in total. The standard InChI is InChI=1S/C16H24N2O2S/c19-15(9-5-2-6-11-17-16(20)13-21)18-12-10-14-7-3-1-4-8-14/h1,3-4,7-8,21H,2,5-6,9-13H2,(H,17,20)(H,18,19). The minimum absolute atomic E-state index is 0.0445.